The molecule has 6 nitrogen and oxygen atoms in total. The van der Waals surface area contributed by atoms with Crippen LogP contribution in [0.25, 0.3) is 10.9 Å². The topological polar surface area (TPSA) is 88.5 Å². The van der Waals surface area contributed by atoms with Gasteiger partial charge in [-0.2, -0.15) is 13.2 Å². The highest BCUT2D eigenvalue weighted by atomic mass is 19.4. The zero-order chi connectivity index (χ0) is 27.5. The van der Waals surface area contributed by atoms with E-state index in [0.717, 1.165) is 17.7 Å². The standard InChI is InChI=1S/C29H25F3N2O4/c1-28(2,20-8-4-3-5-9-20)25(27(36)37)34-26(35)22-15-12-19-7-6-16-33-23(19)24(22)38-17-18-10-13-21(14-11-18)29(30,31)32/h3-16,25H,17H2,1-2H3,(H,34,35)(H,36,37). The molecule has 4 rings (SSSR count). The van der Waals surface area contributed by atoms with Crippen LogP contribution in [0.1, 0.15) is 40.9 Å². The number of carbonyl (C=O) groups excluding carboxylic acids is 1. The van der Waals surface area contributed by atoms with Crippen LogP contribution in [-0.4, -0.2) is 28.0 Å². The fraction of sp³-hybridized carbons (Fsp3) is 0.207. The van der Waals surface area contributed by atoms with Gasteiger partial charge in [0.1, 0.15) is 18.2 Å². The number of hydrogen-bond acceptors (Lipinski definition) is 4. The van der Waals surface area contributed by atoms with Crippen molar-refractivity contribution >= 4 is 22.8 Å². The first-order valence-corrected chi connectivity index (χ1v) is 11.7. The zero-order valence-electron chi connectivity index (χ0n) is 20.6. The van der Waals surface area contributed by atoms with Gasteiger partial charge >= 0.3 is 12.1 Å². The maximum Gasteiger partial charge on any atom is 0.416 e. The molecule has 0 bridgehead atoms. The summed E-state index contributed by atoms with van der Waals surface area (Å²) in [5.74, 6) is -1.79. The van der Waals surface area contributed by atoms with Gasteiger partial charge in [0.2, 0.25) is 0 Å². The molecule has 4 aromatic rings. The lowest BCUT2D eigenvalue weighted by molar-refractivity contribution is -0.141. The molecule has 0 saturated carbocycles. The fourth-order valence-corrected chi connectivity index (χ4v) is 4.18. The van der Waals surface area contributed by atoms with Gasteiger partial charge in [-0.15, -0.1) is 0 Å². The van der Waals surface area contributed by atoms with Crippen LogP contribution in [0, 0.1) is 0 Å². The van der Waals surface area contributed by atoms with E-state index >= 15 is 0 Å². The van der Waals surface area contributed by atoms with E-state index in [4.69, 9.17) is 4.74 Å². The smallest absolute Gasteiger partial charge is 0.416 e. The van der Waals surface area contributed by atoms with Gasteiger partial charge in [0.05, 0.1) is 11.1 Å². The molecule has 1 heterocycles. The lowest BCUT2D eigenvalue weighted by Crippen LogP contribution is -2.52. The number of carboxylic acids is 1. The van der Waals surface area contributed by atoms with Crippen LogP contribution in [0.3, 0.4) is 0 Å². The Bertz CT molecular complexity index is 1450. The van der Waals surface area contributed by atoms with Gasteiger partial charge in [-0.3, -0.25) is 9.78 Å². The van der Waals surface area contributed by atoms with Crippen molar-refractivity contribution in [3.05, 3.63) is 107 Å². The van der Waals surface area contributed by atoms with E-state index < -0.39 is 35.1 Å². The molecule has 0 saturated heterocycles. The molecule has 0 aliphatic heterocycles. The second-order valence-corrected chi connectivity index (χ2v) is 9.33. The van der Waals surface area contributed by atoms with Gasteiger partial charge < -0.3 is 15.2 Å². The molecule has 1 atom stereocenters. The quantitative estimate of drug-likeness (QED) is 0.297. The summed E-state index contributed by atoms with van der Waals surface area (Å²) in [6.07, 6.45) is -2.94. The van der Waals surface area contributed by atoms with Crippen molar-refractivity contribution in [3.8, 4) is 5.75 Å². The molecular weight excluding hydrogens is 497 g/mol. The summed E-state index contributed by atoms with van der Waals surface area (Å²) in [4.78, 5) is 30.0. The van der Waals surface area contributed by atoms with Gasteiger partial charge in [-0.1, -0.05) is 68.4 Å². The number of aliphatic carboxylic acids is 1. The normalized spacial score (nSPS) is 12.7. The van der Waals surface area contributed by atoms with E-state index in [2.05, 4.69) is 10.3 Å². The number of carboxylic acid groups (broad SMARTS) is 1. The van der Waals surface area contributed by atoms with Crippen molar-refractivity contribution in [2.45, 2.75) is 38.1 Å². The Morgan fingerprint density at radius 3 is 2.24 bits per heavy atom. The minimum Gasteiger partial charge on any atom is -0.486 e. The monoisotopic (exact) mass is 522 g/mol. The van der Waals surface area contributed by atoms with Crippen molar-refractivity contribution in [2.75, 3.05) is 0 Å². The summed E-state index contributed by atoms with van der Waals surface area (Å²) in [5, 5.41) is 13.3. The summed E-state index contributed by atoms with van der Waals surface area (Å²) < 4.78 is 44.7. The SMILES string of the molecule is CC(C)(c1ccccc1)C(NC(=O)c1ccc2cccnc2c1OCc1ccc(C(F)(F)F)cc1)C(=O)O. The maximum atomic E-state index is 13.5. The molecule has 1 aromatic heterocycles. The molecule has 0 spiro atoms. The molecule has 0 aliphatic carbocycles. The lowest BCUT2D eigenvalue weighted by Gasteiger charge is -2.32. The fourth-order valence-electron chi connectivity index (χ4n) is 4.18. The Morgan fingerprint density at radius 1 is 0.921 bits per heavy atom. The summed E-state index contributed by atoms with van der Waals surface area (Å²) in [7, 11) is 0. The largest absolute Gasteiger partial charge is 0.486 e. The molecule has 38 heavy (non-hydrogen) atoms. The average molecular weight is 523 g/mol. The van der Waals surface area contributed by atoms with Crippen molar-refractivity contribution in [1.82, 2.24) is 10.3 Å². The Labute approximate surface area is 217 Å². The third kappa shape index (κ3) is 5.61. The van der Waals surface area contributed by atoms with E-state index in [9.17, 15) is 27.9 Å². The Balaban J connectivity index is 1.66. The maximum absolute atomic E-state index is 13.5. The number of aromatic nitrogens is 1. The van der Waals surface area contributed by atoms with Gasteiger partial charge in [-0.05, 0) is 35.4 Å². The van der Waals surface area contributed by atoms with Crippen molar-refractivity contribution < 1.29 is 32.6 Å². The first-order valence-electron chi connectivity index (χ1n) is 11.7. The first-order chi connectivity index (χ1) is 18.0. The predicted molar refractivity (Wildman–Crippen MR) is 136 cm³/mol. The Morgan fingerprint density at radius 2 is 1.61 bits per heavy atom. The van der Waals surface area contributed by atoms with Crippen LogP contribution in [0.15, 0.2) is 85.1 Å². The van der Waals surface area contributed by atoms with E-state index in [1.54, 1.807) is 56.3 Å². The Hall–Kier alpha value is -4.40. The molecule has 196 valence electrons. The minimum atomic E-state index is -4.46. The van der Waals surface area contributed by atoms with Gasteiger partial charge in [0.15, 0.2) is 5.75 Å². The number of halogens is 3. The van der Waals surface area contributed by atoms with Crippen LogP contribution < -0.4 is 10.1 Å². The molecular formula is C29H25F3N2O4. The number of pyridine rings is 1. The molecule has 9 heteroatoms. The van der Waals surface area contributed by atoms with Crippen LogP contribution in [-0.2, 0) is 23.0 Å². The Kier molecular flexibility index (Phi) is 7.39. The van der Waals surface area contributed by atoms with Crippen molar-refractivity contribution in [2.24, 2.45) is 0 Å². The van der Waals surface area contributed by atoms with Gasteiger partial charge in [-0.25, -0.2) is 4.79 Å². The van der Waals surface area contributed by atoms with E-state index in [-0.39, 0.29) is 17.9 Å². The van der Waals surface area contributed by atoms with Crippen LogP contribution in [0.2, 0.25) is 0 Å². The highest BCUT2D eigenvalue weighted by Gasteiger charge is 2.38. The third-order valence-electron chi connectivity index (χ3n) is 6.40. The minimum absolute atomic E-state index is 0.0539. The molecule has 1 amide bonds. The third-order valence-corrected chi connectivity index (χ3v) is 6.40. The number of nitrogens with zero attached hydrogens (tertiary/aromatic N) is 1. The van der Waals surface area contributed by atoms with E-state index in [1.807, 2.05) is 6.07 Å². The van der Waals surface area contributed by atoms with Crippen LogP contribution in [0.4, 0.5) is 13.2 Å². The number of alkyl halides is 3. The zero-order valence-corrected chi connectivity index (χ0v) is 20.6. The summed E-state index contributed by atoms with van der Waals surface area (Å²) in [5.41, 5.74) is -0.148. The number of amides is 1. The molecule has 3 aromatic carbocycles. The molecule has 0 fully saturated rings. The summed E-state index contributed by atoms with van der Waals surface area (Å²) >= 11 is 0. The number of nitrogens with one attached hydrogen (secondary N) is 1. The number of rotatable bonds is 8. The summed E-state index contributed by atoms with van der Waals surface area (Å²) in [6.45, 7) is 3.32. The molecule has 2 N–H and O–H groups in total. The first kappa shape index (κ1) is 26.7. The van der Waals surface area contributed by atoms with Crippen molar-refractivity contribution in [1.29, 1.82) is 0 Å². The van der Waals surface area contributed by atoms with Gasteiger partial charge in [0.25, 0.3) is 5.91 Å². The predicted octanol–water partition coefficient (Wildman–Crippen LogP) is 5.99. The molecule has 1 unspecified atom stereocenters. The summed E-state index contributed by atoms with van der Waals surface area (Å²) in [6, 6.07) is 18.9. The van der Waals surface area contributed by atoms with Crippen LogP contribution >= 0.6 is 0 Å². The lowest BCUT2D eigenvalue weighted by atomic mass is 9.77. The number of ether oxygens (including phenoxy) is 1. The molecule has 0 aliphatic rings. The number of benzene rings is 3. The number of fused-ring (bicyclic) bond motifs is 1. The number of hydrogen-bond donors (Lipinski definition) is 2. The van der Waals surface area contributed by atoms with Gasteiger partial charge in [0, 0.05) is 17.0 Å². The second kappa shape index (κ2) is 10.5. The van der Waals surface area contributed by atoms with Crippen LogP contribution in [0.5, 0.6) is 5.75 Å². The highest BCUT2D eigenvalue weighted by Crippen LogP contribution is 2.32. The molecule has 0 radical (unpaired) electrons. The van der Waals surface area contributed by atoms with Crippen molar-refractivity contribution in [3.63, 3.8) is 0 Å². The van der Waals surface area contributed by atoms with E-state index in [0.29, 0.717) is 16.5 Å². The second-order valence-electron chi connectivity index (χ2n) is 9.33. The number of carbonyl (C=O) groups is 2. The van der Waals surface area contributed by atoms with E-state index in [1.165, 1.54) is 24.4 Å². The highest BCUT2D eigenvalue weighted by molar-refractivity contribution is 6.04. The average Bonchev–Trinajstić information content (AvgIpc) is 2.90.